The van der Waals surface area contributed by atoms with Crippen molar-refractivity contribution in [2.75, 3.05) is 33.3 Å². The van der Waals surface area contributed by atoms with Crippen LogP contribution in [0.1, 0.15) is 17.9 Å². The third-order valence-corrected chi connectivity index (χ3v) is 4.09. The lowest BCUT2D eigenvalue weighted by atomic mass is 10.00. The predicted octanol–water partition coefficient (Wildman–Crippen LogP) is 1.23. The number of rotatable bonds is 3. The summed E-state index contributed by atoms with van der Waals surface area (Å²) in [6.45, 7) is 3.23. The van der Waals surface area contributed by atoms with E-state index in [0.717, 1.165) is 37.4 Å². The molecule has 3 rings (SSSR count). The lowest BCUT2D eigenvalue weighted by molar-refractivity contribution is -0.132. The Hall–Kier alpha value is -1.55. The van der Waals surface area contributed by atoms with Gasteiger partial charge in [0.15, 0.2) is 0 Å². The number of likely N-dealkylation sites (tertiary alicyclic amines) is 1. The van der Waals surface area contributed by atoms with E-state index in [-0.39, 0.29) is 11.8 Å². The first-order chi connectivity index (χ1) is 9.29. The number of nitrogens with one attached hydrogen (secondary N) is 1. The highest BCUT2D eigenvalue weighted by molar-refractivity contribution is 5.85. The molecule has 0 saturated carbocycles. The van der Waals surface area contributed by atoms with Crippen molar-refractivity contribution in [1.29, 1.82) is 0 Å². The fraction of sp³-hybridized carbons (Fsp3) is 0.533. The molecule has 0 bridgehead atoms. The summed E-state index contributed by atoms with van der Waals surface area (Å²) >= 11 is 0. The average Bonchev–Trinajstić information content (AvgIpc) is 3.05. The first-order valence-corrected chi connectivity index (χ1v) is 6.94. The Morgan fingerprint density at radius 2 is 2.32 bits per heavy atom. The van der Waals surface area contributed by atoms with E-state index >= 15 is 0 Å². The van der Waals surface area contributed by atoms with Gasteiger partial charge in [-0.25, -0.2) is 0 Å². The van der Waals surface area contributed by atoms with E-state index in [0.29, 0.717) is 12.5 Å². The monoisotopic (exact) mass is 260 g/mol. The topological polar surface area (TPSA) is 41.6 Å². The number of carbonyl (C=O) groups is 1. The second-order valence-electron chi connectivity index (χ2n) is 5.40. The molecule has 4 heteroatoms. The Balaban J connectivity index is 1.69. The fourth-order valence-corrected chi connectivity index (χ4v) is 3.08. The van der Waals surface area contributed by atoms with Crippen LogP contribution < -0.4 is 10.1 Å². The van der Waals surface area contributed by atoms with Crippen LogP contribution in [0.25, 0.3) is 0 Å². The molecule has 102 valence electrons. The Kier molecular flexibility index (Phi) is 3.42. The summed E-state index contributed by atoms with van der Waals surface area (Å²) in [5.74, 6) is 1.58. The molecule has 1 aromatic carbocycles. The maximum atomic E-state index is 12.6. The Morgan fingerprint density at radius 3 is 3.16 bits per heavy atom. The first kappa shape index (κ1) is 12.5. The van der Waals surface area contributed by atoms with Crippen LogP contribution >= 0.6 is 0 Å². The lowest BCUT2D eigenvalue weighted by Crippen LogP contribution is -2.34. The molecule has 1 fully saturated rings. The number of amides is 1. The van der Waals surface area contributed by atoms with Gasteiger partial charge in [-0.05, 0) is 32.0 Å². The summed E-state index contributed by atoms with van der Waals surface area (Å²) in [6.07, 6.45) is 1.10. The van der Waals surface area contributed by atoms with Gasteiger partial charge < -0.3 is 15.0 Å². The first-order valence-electron chi connectivity index (χ1n) is 6.94. The summed E-state index contributed by atoms with van der Waals surface area (Å²) in [4.78, 5) is 14.6. The molecule has 0 unspecified atom stereocenters. The summed E-state index contributed by atoms with van der Waals surface area (Å²) in [7, 11) is 1.96. The number of hydrogen-bond donors (Lipinski definition) is 1. The maximum absolute atomic E-state index is 12.6. The molecule has 0 aliphatic carbocycles. The minimum absolute atomic E-state index is 0.107. The molecule has 0 radical (unpaired) electrons. The van der Waals surface area contributed by atoms with Crippen LogP contribution in [0, 0.1) is 5.92 Å². The van der Waals surface area contributed by atoms with E-state index in [1.54, 1.807) is 0 Å². The number of para-hydroxylation sites is 1. The number of hydrogen-bond acceptors (Lipinski definition) is 3. The van der Waals surface area contributed by atoms with E-state index in [2.05, 4.69) is 5.32 Å². The van der Waals surface area contributed by atoms with Crippen LogP contribution in [0.5, 0.6) is 5.75 Å². The third kappa shape index (κ3) is 2.32. The highest BCUT2D eigenvalue weighted by Crippen LogP contribution is 2.35. The van der Waals surface area contributed by atoms with Gasteiger partial charge in [0.05, 0.1) is 0 Å². The van der Waals surface area contributed by atoms with Crippen molar-refractivity contribution in [3.05, 3.63) is 29.8 Å². The van der Waals surface area contributed by atoms with Gasteiger partial charge in [-0.3, -0.25) is 4.79 Å². The molecule has 2 atom stereocenters. The van der Waals surface area contributed by atoms with Crippen LogP contribution in [0.15, 0.2) is 24.3 Å². The van der Waals surface area contributed by atoms with Crippen molar-refractivity contribution < 1.29 is 9.53 Å². The van der Waals surface area contributed by atoms with Crippen LogP contribution in [-0.2, 0) is 4.79 Å². The van der Waals surface area contributed by atoms with E-state index in [9.17, 15) is 4.79 Å². The number of nitrogens with zero attached hydrogens (tertiary/aromatic N) is 1. The van der Waals surface area contributed by atoms with Crippen molar-refractivity contribution in [2.45, 2.75) is 12.3 Å². The zero-order valence-electron chi connectivity index (χ0n) is 11.3. The van der Waals surface area contributed by atoms with E-state index in [1.165, 1.54) is 0 Å². The van der Waals surface area contributed by atoms with E-state index < -0.39 is 0 Å². The average molecular weight is 260 g/mol. The Bertz CT molecular complexity index is 475. The quantitative estimate of drug-likeness (QED) is 0.889. The van der Waals surface area contributed by atoms with Crippen LogP contribution in [0.3, 0.4) is 0 Å². The van der Waals surface area contributed by atoms with Crippen molar-refractivity contribution in [3.63, 3.8) is 0 Å². The minimum atomic E-state index is -0.107. The van der Waals surface area contributed by atoms with Gasteiger partial charge in [-0.15, -0.1) is 0 Å². The SMILES string of the molecule is CNC[C@H]1CCN(C(=O)[C@@H]2COc3ccccc32)C1. The Morgan fingerprint density at radius 1 is 1.47 bits per heavy atom. The van der Waals surface area contributed by atoms with Crippen LogP contribution in [-0.4, -0.2) is 44.1 Å². The standard InChI is InChI=1S/C15H20N2O2/c1-16-8-11-6-7-17(9-11)15(18)13-10-19-14-5-3-2-4-12(13)14/h2-5,11,13,16H,6-10H2,1H3/t11-,13-/m1/s1. The summed E-state index contributed by atoms with van der Waals surface area (Å²) < 4.78 is 5.61. The van der Waals surface area contributed by atoms with Crippen molar-refractivity contribution in [3.8, 4) is 5.75 Å². The molecule has 19 heavy (non-hydrogen) atoms. The number of ether oxygens (including phenoxy) is 1. The van der Waals surface area contributed by atoms with Crippen LogP contribution in [0.4, 0.5) is 0 Å². The second-order valence-corrected chi connectivity index (χ2v) is 5.40. The van der Waals surface area contributed by atoms with Crippen molar-refractivity contribution in [2.24, 2.45) is 5.92 Å². The number of fused-ring (bicyclic) bond motifs is 1. The van der Waals surface area contributed by atoms with Crippen molar-refractivity contribution in [1.82, 2.24) is 10.2 Å². The molecule has 1 N–H and O–H groups in total. The van der Waals surface area contributed by atoms with Gasteiger partial charge in [0.25, 0.3) is 0 Å². The smallest absolute Gasteiger partial charge is 0.233 e. The molecular weight excluding hydrogens is 240 g/mol. The number of carbonyl (C=O) groups excluding carboxylic acids is 1. The maximum Gasteiger partial charge on any atom is 0.233 e. The molecule has 1 amide bonds. The highest BCUT2D eigenvalue weighted by atomic mass is 16.5. The predicted molar refractivity (Wildman–Crippen MR) is 73.3 cm³/mol. The third-order valence-electron chi connectivity index (χ3n) is 4.09. The van der Waals surface area contributed by atoms with Gasteiger partial charge in [0.1, 0.15) is 18.3 Å². The molecule has 2 heterocycles. The molecule has 0 spiro atoms. The zero-order valence-corrected chi connectivity index (χ0v) is 11.3. The normalized spacial score (nSPS) is 25.2. The van der Waals surface area contributed by atoms with Gasteiger partial charge in [-0.2, -0.15) is 0 Å². The number of benzene rings is 1. The summed E-state index contributed by atoms with van der Waals surface area (Å²) in [6, 6.07) is 7.87. The van der Waals surface area contributed by atoms with Gasteiger partial charge in [0, 0.05) is 18.7 Å². The largest absolute Gasteiger partial charge is 0.492 e. The molecule has 0 aromatic heterocycles. The molecular formula is C15H20N2O2. The van der Waals surface area contributed by atoms with Gasteiger partial charge >= 0.3 is 0 Å². The van der Waals surface area contributed by atoms with Gasteiger partial charge in [0.2, 0.25) is 5.91 Å². The molecule has 4 nitrogen and oxygen atoms in total. The summed E-state index contributed by atoms with van der Waals surface area (Å²) in [5.41, 5.74) is 1.05. The van der Waals surface area contributed by atoms with Crippen molar-refractivity contribution >= 4 is 5.91 Å². The lowest BCUT2D eigenvalue weighted by Gasteiger charge is -2.20. The molecule has 1 saturated heterocycles. The molecule has 2 aliphatic rings. The Labute approximate surface area is 113 Å². The fourth-order valence-electron chi connectivity index (χ4n) is 3.08. The molecule has 2 aliphatic heterocycles. The minimum Gasteiger partial charge on any atom is -0.492 e. The second kappa shape index (κ2) is 5.21. The van der Waals surface area contributed by atoms with Gasteiger partial charge in [-0.1, -0.05) is 18.2 Å². The highest BCUT2D eigenvalue weighted by Gasteiger charge is 2.35. The van der Waals surface area contributed by atoms with E-state index in [1.807, 2.05) is 36.2 Å². The van der Waals surface area contributed by atoms with Crippen LogP contribution in [0.2, 0.25) is 0 Å². The van der Waals surface area contributed by atoms with E-state index in [4.69, 9.17) is 4.74 Å². The summed E-state index contributed by atoms with van der Waals surface area (Å²) in [5, 5.41) is 3.19. The molecule has 1 aromatic rings. The zero-order chi connectivity index (χ0) is 13.2.